The van der Waals surface area contributed by atoms with E-state index in [1.165, 1.54) is 0 Å². The van der Waals surface area contributed by atoms with Gasteiger partial charge >= 0.3 is 12.1 Å². The lowest BCUT2D eigenvalue weighted by molar-refractivity contribution is -0.188. The second kappa shape index (κ2) is 6.66. The maximum absolute atomic E-state index is 12.9. The Bertz CT molecular complexity index is 395. The summed E-state index contributed by atoms with van der Waals surface area (Å²) in [6.07, 6.45) is -3.24. The third-order valence-electron chi connectivity index (χ3n) is 4.09. The molecular weight excluding hydrogens is 287 g/mol. The summed E-state index contributed by atoms with van der Waals surface area (Å²) in [6, 6.07) is 0. The lowest BCUT2D eigenvalue weighted by atomic mass is 9.90. The van der Waals surface area contributed by atoms with Crippen molar-refractivity contribution in [3.63, 3.8) is 0 Å². The number of carbonyl (C=O) groups is 2. The van der Waals surface area contributed by atoms with E-state index in [1.54, 1.807) is 0 Å². The minimum Gasteiger partial charge on any atom is -0.481 e. The van der Waals surface area contributed by atoms with Crippen molar-refractivity contribution in [3.05, 3.63) is 0 Å². The smallest absolute Gasteiger partial charge is 0.394 e. The zero-order valence-electron chi connectivity index (χ0n) is 12.5. The fourth-order valence-electron chi connectivity index (χ4n) is 2.85. The van der Waals surface area contributed by atoms with E-state index < -0.39 is 30.5 Å². The van der Waals surface area contributed by atoms with Crippen molar-refractivity contribution in [1.29, 1.82) is 0 Å². The Labute approximate surface area is 122 Å². The number of nitrogens with zero attached hydrogens (tertiary/aromatic N) is 1. The normalized spacial score (nSPS) is 24.4. The van der Waals surface area contributed by atoms with Crippen molar-refractivity contribution in [1.82, 2.24) is 4.90 Å². The topological polar surface area (TPSA) is 57.6 Å². The van der Waals surface area contributed by atoms with Gasteiger partial charge in [0.25, 0.3) is 0 Å². The molecule has 0 radical (unpaired) electrons. The van der Waals surface area contributed by atoms with E-state index in [-0.39, 0.29) is 24.3 Å². The molecule has 1 rings (SSSR count). The number of alkyl halides is 3. The Morgan fingerprint density at radius 2 is 1.86 bits per heavy atom. The molecule has 1 N–H and O–H groups in total. The Morgan fingerprint density at radius 1 is 1.29 bits per heavy atom. The van der Waals surface area contributed by atoms with Crippen molar-refractivity contribution in [2.45, 2.75) is 39.8 Å². The van der Waals surface area contributed by atoms with Crippen LogP contribution in [0.25, 0.3) is 0 Å². The molecule has 1 aliphatic rings. The van der Waals surface area contributed by atoms with E-state index in [1.807, 2.05) is 20.8 Å². The molecule has 0 aromatic rings. The van der Waals surface area contributed by atoms with Crippen LogP contribution in [0.3, 0.4) is 0 Å². The average Bonchev–Trinajstić information content (AvgIpc) is 2.79. The number of carboxylic acid groups (broad SMARTS) is 1. The van der Waals surface area contributed by atoms with Crippen LogP contribution in [0, 0.1) is 23.7 Å². The van der Waals surface area contributed by atoms with Crippen molar-refractivity contribution in [2.75, 3.05) is 13.1 Å². The highest BCUT2D eigenvalue weighted by molar-refractivity contribution is 5.81. The van der Waals surface area contributed by atoms with Gasteiger partial charge in [-0.3, -0.25) is 9.59 Å². The zero-order valence-corrected chi connectivity index (χ0v) is 12.5. The van der Waals surface area contributed by atoms with Gasteiger partial charge in [0.1, 0.15) is 0 Å². The van der Waals surface area contributed by atoms with Gasteiger partial charge in [-0.25, -0.2) is 0 Å². The highest BCUT2D eigenvalue weighted by atomic mass is 19.4. The summed E-state index contributed by atoms with van der Waals surface area (Å²) in [4.78, 5) is 24.5. The van der Waals surface area contributed by atoms with Crippen LogP contribution in [-0.2, 0) is 9.59 Å². The molecule has 1 fully saturated rings. The number of hydrogen-bond acceptors (Lipinski definition) is 2. The minimum atomic E-state index is -4.60. The summed E-state index contributed by atoms with van der Waals surface area (Å²) in [6.45, 7) is 4.71. The van der Waals surface area contributed by atoms with Gasteiger partial charge in [-0.2, -0.15) is 13.2 Å². The molecule has 0 aliphatic carbocycles. The van der Waals surface area contributed by atoms with Crippen LogP contribution < -0.4 is 0 Å². The number of carbonyl (C=O) groups excluding carboxylic acids is 1. The van der Waals surface area contributed by atoms with Gasteiger partial charge in [0.2, 0.25) is 5.91 Å². The fraction of sp³-hybridized carbons (Fsp3) is 0.857. The van der Waals surface area contributed by atoms with Crippen LogP contribution in [0.2, 0.25) is 0 Å². The number of rotatable bonds is 5. The predicted octanol–water partition coefficient (Wildman–Crippen LogP) is 2.78. The van der Waals surface area contributed by atoms with Crippen molar-refractivity contribution < 1.29 is 27.9 Å². The van der Waals surface area contributed by atoms with Crippen LogP contribution in [0.4, 0.5) is 13.2 Å². The van der Waals surface area contributed by atoms with E-state index in [9.17, 15) is 22.8 Å². The first-order chi connectivity index (χ1) is 9.59. The largest absolute Gasteiger partial charge is 0.481 e. The number of aliphatic carboxylic acids is 1. The van der Waals surface area contributed by atoms with Gasteiger partial charge in [-0.05, 0) is 12.3 Å². The Kier molecular flexibility index (Phi) is 5.64. The number of hydrogen-bond donors (Lipinski definition) is 1. The quantitative estimate of drug-likeness (QED) is 0.849. The summed E-state index contributed by atoms with van der Waals surface area (Å²) >= 11 is 0. The molecule has 0 aromatic carbocycles. The van der Waals surface area contributed by atoms with E-state index in [4.69, 9.17) is 5.11 Å². The predicted molar refractivity (Wildman–Crippen MR) is 70.5 cm³/mol. The van der Waals surface area contributed by atoms with Gasteiger partial charge in [0, 0.05) is 19.0 Å². The highest BCUT2D eigenvalue weighted by Gasteiger charge is 2.53. The second-order valence-electron chi connectivity index (χ2n) is 5.98. The molecule has 122 valence electrons. The van der Waals surface area contributed by atoms with Gasteiger partial charge in [-0.15, -0.1) is 0 Å². The first kappa shape index (κ1) is 17.8. The number of carboxylic acids is 1. The Hall–Kier alpha value is -1.27. The van der Waals surface area contributed by atoms with Crippen LogP contribution in [0.5, 0.6) is 0 Å². The maximum Gasteiger partial charge on any atom is 0.394 e. The molecule has 1 heterocycles. The van der Waals surface area contributed by atoms with Gasteiger partial charge < -0.3 is 10.0 Å². The van der Waals surface area contributed by atoms with Gasteiger partial charge in [-0.1, -0.05) is 27.2 Å². The molecule has 7 heteroatoms. The molecule has 1 amide bonds. The van der Waals surface area contributed by atoms with Crippen LogP contribution in [-0.4, -0.2) is 41.1 Å². The summed E-state index contributed by atoms with van der Waals surface area (Å²) in [5.74, 6) is -5.73. The van der Waals surface area contributed by atoms with Crippen molar-refractivity contribution in [3.8, 4) is 0 Å². The second-order valence-corrected chi connectivity index (χ2v) is 5.98. The molecule has 0 saturated carbocycles. The third kappa shape index (κ3) is 4.11. The molecule has 4 nitrogen and oxygen atoms in total. The number of amides is 1. The summed E-state index contributed by atoms with van der Waals surface area (Å²) in [5.41, 5.74) is 0. The lowest BCUT2D eigenvalue weighted by Gasteiger charge is -2.26. The van der Waals surface area contributed by atoms with E-state index in [2.05, 4.69) is 0 Å². The molecule has 0 spiro atoms. The molecular formula is C14H22F3NO3. The average molecular weight is 309 g/mol. The van der Waals surface area contributed by atoms with Crippen molar-refractivity contribution in [2.24, 2.45) is 23.7 Å². The summed E-state index contributed by atoms with van der Waals surface area (Å²) in [7, 11) is 0. The van der Waals surface area contributed by atoms with Crippen LogP contribution in [0.1, 0.15) is 33.6 Å². The van der Waals surface area contributed by atoms with Gasteiger partial charge in [0.15, 0.2) is 0 Å². The van der Waals surface area contributed by atoms with Crippen LogP contribution in [0.15, 0.2) is 0 Å². The van der Waals surface area contributed by atoms with E-state index in [0.717, 1.165) is 11.3 Å². The standard InChI is InChI=1S/C14H22F3NO3/c1-4-5-9(8(2)3)12(19)18-6-10(13(20)21)11(7-18)14(15,16)17/h8-11H,4-7H2,1-3H3,(H,20,21)/t9?,10-,11-/m1/s1. The molecule has 1 unspecified atom stereocenters. The maximum atomic E-state index is 12.9. The number of halogens is 3. The summed E-state index contributed by atoms with van der Waals surface area (Å²) in [5, 5.41) is 8.96. The zero-order chi connectivity index (χ0) is 16.4. The number of likely N-dealkylation sites (tertiary alicyclic amines) is 1. The van der Waals surface area contributed by atoms with E-state index in [0.29, 0.717) is 6.42 Å². The minimum absolute atomic E-state index is 0.0191. The molecule has 1 saturated heterocycles. The third-order valence-corrected chi connectivity index (χ3v) is 4.09. The van der Waals surface area contributed by atoms with Gasteiger partial charge in [0.05, 0.1) is 11.8 Å². The Balaban J connectivity index is 2.90. The van der Waals surface area contributed by atoms with E-state index >= 15 is 0 Å². The first-order valence-electron chi connectivity index (χ1n) is 7.17. The SMILES string of the molecule is CCCC(C(=O)N1C[C@@H](C(F)(F)F)[C@H](C(=O)O)C1)C(C)C. The van der Waals surface area contributed by atoms with Crippen LogP contribution >= 0.6 is 0 Å². The monoisotopic (exact) mass is 309 g/mol. The van der Waals surface area contributed by atoms with Crippen molar-refractivity contribution >= 4 is 11.9 Å². The molecule has 21 heavy (non-hydrogen) atoms. The highest BCUT2D eigenvalue weighted by Crippen LogP contribution is 2.38. The molecule has 3 atom stereocenters. The summed E-state index contributed by atoms with van der Waals surface area (Å²) < 4.78 is 38.7. The lowest BCUT2D eigenvalue weighted by Crippen LogP contribution is -2.38. The molecule has 1 aliphatic heterocycles. The first-order valence-corrected chi connectivity index (χ1v) is 7.17. The fourth-order valence-corrected chi connectivity index (χ4v) is 2.85. The Morgan fingerprint density at radius 3 is 2.19 bits per heavy atom. The molecule has 0 bridgehead atoms. The molecule has 0 aromatic heterocycles.